The predicted molar refractivity (Wildman–Crippen MR) is 51.5 cm³/mol. The summed E-state index contributed by atoms with van der Waals surface area (Å²) >= 11 is 0. The van der Waals surface area contributed by atoms with Crippen LogP contribution in [0.3, 0.4) is 0 Å². The van der Waals surface area contributed by atoms with E-state index in [1.54, 1.807) is 0 Å². The summed E-state index contributed by atoms with van der Waals surface area (Å²) in [5.41, 5.74) is 0. The first kappa shape index (κ1) is 10.3. The van der Waals surface area contributed by atoms with Crippen LogP contribution in [0.2, 0.25) is 0 Å². The van der Waals surface area contributed by atoms with Crippen molar-refractivity contribution in [1.82, 2.24) is 5.32 Å². The van der Waals surface area contributed by atoms with Gasteiger partial charge in [0, 0.05) is 6.61 Å². The molecule has 1 aliphatic heterocycles. The zero-order chi connectivity index (χ0) is 7.68. The molecule has 3 atom stereocenters. The molecule has 0 aromatic carbocycles. The maximum atomic E-state index is 8.86. The van der Waals surface area contributed by atoms with Gasteiger partial charge in [0.2, 0.25) is 0 Å². The number of halogens is 1. The molecule has 2 bridgehead atoms. The fourth-order valence-corrected chi connectivity index (χ4v) is 2.82. The smallest absolute Gasteiger partial charge is 0.0433 e. The minimum Gasteiger partial charge on any atom is -0.396 e. The third kappa shape index (κ3) is 1.76. The average Bonchev–Trinajstić information content (AvgIpc) is 2.30. The molecule has 2 rings (SSSR count). The van der Waals surface area contributed by atoms with E-state index in [1.165, 1.54) is 25.9 Å². The molecule has 1 heterocycles. The molecule has 0 aromatic rings. The van der Waals surface area contributed by atoms with Gasteiger partial charge in [-0.15, -0.1) is 12.4 Å². The summed E-state index contributed by atoms with van der Waals surface area (Å²) in [6.07, 6.45) is 3.82. The Kier molecular flexibility index (Phi) is 3.81. The van der Waals surface area contributed by atoms with Crippen molar-refractivity contribution in [2.75, 3.05) is 19.7 Å². The van der Waals surface area contributed by atoms with Crippen molar-refractivity contribution in [2.24, 2.45) is 17.8 Å². The zero-order valence-electron chi connectivity index (χ0n) is 7.33. The van der Waals surface area contributed by atoms with Crippen LogP contribution in [0.1, 0.15) is 19.3 Å². The molecule has 2 nitrogen and oxygen atoms in total. The van der Waals surface area contributed by atoms with Crippen LogP contribution in [0.25, 0.3) is 0 Å². The standard InChI is InChI=1S/C9H17NO.ClH/c11-4-3-9-7-1-2-8(9)6-10-5-7;/h7-11H,1-6H2;1H/t7-,8+,9?;. The number of rotatable bonds is 2. The predicted octanol–water partition coefficient (Wildman–Crippen LogP) is 1.04. The highest BCUT2D eigenvalue weighted by Crippen LogP contribution is 2.40. The molecular weight excluding hydrogens is 174 g/mol. The molecule has 3 heteroatoms. The number of hydrogen-bond acceptors (Lipinski definition) is 2. The van der Waals surface area contributed by atoms with E-state index in [0.29, 0.717) is 6.61 Å². The summed E-state index contributed by atoms with van der Waals surface area (Å²) in [4.78, 5) is 0. The number of aliphatic hydroxyl groups is 1. The number of hydrogen-bond donors (Lipinski definition) is 2. The quantitative estimate of drug-likeness (QED) is 0.684. The van der Waals surface area contributed by atoms with E-state index in [9.17, 15) is 0 Å². The van der Waals surface area contributed by atoms with Gasteiger partial charge in [0.15, 0.2) is 0 Å². The summed E-state index contributed by atoms with van der Waals surface area (Å²) in [6, 6.07) is 0. The topological polar surface area (TPSA) is 32.3 Å². The van der Waals surface area contributed by atoms with Crippen molar-refractivity contribution in [3.05, 3.63) is 0 Å². The lowest BCUT2D eigenvalue weighted by molar-refractivity contribution is 0.179. The van der Waals surface area contributed by atoms with E-state index < -0.39 is 0 Å². The van der Waals surface area contributed by atoms with E-state index in [2.05, 4.69) is 5.32 Å². The highest BCUT2D eigenvalue weighted by Gasteiger charge is 2.37. The van der Waals surface area contributed by atoms with Gasteiger partial charge >= 0.3 is 0 Å². The second-order valence-corrected chi connectivity index (χ2v) is 3.93. The Morgan fingerprint density at radius 1 is 1.17 bits per heavy atom. The summed E-state index contributed by atoms with van der Waals surface area (Å²) in [7, 11) is 0. The molecule has 1 saturated carbocycles. The third-order valence-electron chi connectivity index (χ3n) is 3.39. The monoisotopic (exact) mass is 191 g/mol. The van der Waals surface area contributed by atoms with Crippen molar-refractivity contribution >= 4 is 12.4 Å². The number of piperidine rings is 1. The second kappa shape index (κ2) is 4.45. The average molecular weight is 192 g/mol. The van der Waals surface area contributed by atoms with Crippen LogP contribution in [0.5, 0.6) is 0 Å². The van der Waals surface area contributed by atoms with Gasteiger partial charge in [-0.2, -0.15) is 0 Å². The lowest BCUT2D eigenvalue weighted by atomic mass is 9.84. The van der Waals surface area contributed by atoms with Crippen LogP contribution in [-0.4, -0.2) is 24.8 Å². The number of aliphatic hydroxyl groups excluding tert-OH is 1. The number of nitrogens with one attached hydrogen (secondary N) is 1. The highest BCUT2D eigenvalue weighted by molar-refractivity contribution is 5.85. The first-order valence-corrected chi connectivity index (χ1v) is 4.73. The molecule has 0 radical (unpaired) electrons. The Hall–Kier alpha value is 0.210. The first-order chi connectivity index (χ1) is 5.42. The van der Waals surface area contributed by atoms with Gasteiger partial charge in [-0.05, 0) is 50.1 Å². The summed E-state index contributed by atoms with van der Waals surface area (Å²) < 4.78 is 0. The largest absolute Gasteiger partial charge is 0.396 e. The molecule has 0 spiro atoms. The molecule has 1 aliphatic carbocycles. The SMILES string of the molecule is Cl.OCCC1[C@@H]2CC[C@H]1CNC2. The lowest BCUT2D eigenvalue weighted by Gasteiger charge is -2.30. The summed E-state index contributed by atoms with van der Waals surface area (Å²) in [5, 5.41) is 12.3. The Morgan fingerprint density at radius 3 is 2.25 bits per heavy atom. The molecule has 0 aromatic heterocycles. The molecule has 2 aliphatic rings. The Labute approximate surface area is 80.1 Å². The van der Waals surface area contributed by atoms with Crippen molar-refractivity contribution < 1.29 is 5.11 Å². The zero-order valence-corrected chi connectivity index (χ0v) is 8.15. The number of fused-ring (bicyclic) bond motifs is 2. The van der Waals surface area contributed by atoms with E-state index in [1.807, 2.05) is 0 Å². The molecule has 2 N–H and O–H groups in total. The first-order valence-electron chi connectivity index (χ1n) is 4.73. The molecular formula is C9H18ClNO. The van der Waals surface area contributed by atoms with Crippen LogP contribution in [0.15, 0.2) is 0 Å². The fourth-order valence-electron chi connectivity index (χ4n) is 2.82. The van der Waals surface area contributed by atoms with Crippen molar-refractivity contribution in [2.45, 2.75) is 19.3 Å². The van der Waals surface area contributed by atoms with E-state index in [4.69, 9.17) is 5.11 Å². The summed E-state index contributed by atoms with van der Waals surface area (Å²) in [5.74, 6) is 2.59. The van der Waals surface area contributed by atoms with Crippen LogP contribution < -0.4 is 5.32 Å². The molecule has 0 amide bonds. The van der Waals surface area contributed by atoms with Gasteiger partial charge in [0.25, 0.3) is 0 Å². The van der Waals surface area contributed by atoms with Gasteiger partial charge in [-0.1, -0.05) is 0 Å². The van der Waals surface area contributed by atoms with Gasteiger partial charge in [-0.25, -0.2) is 0 Å². The van der Waals surface area contributed by atoms with Crippen LogP contribution in [0, 0.1) is 17.8 Å². The van der Waals surface area contributed by atoms with Gasteiger partial charge in [-0.3, -0.25) is 0 Å². The van der Waals surface area contributed by atoms with Crippen LogP contribution in [-0.2, 0) is 0 Å². The van der Waals surface area contributed by atoms with Crippen LogP contribution >= 0.6 is 12.4 Å². The Balaban J connectivity index is 0.000000720. The molecule has 2 fully saturated rings. The minimum absolute atomic E-state index is 0. The molecule has 12 heavy (non-hydrogen) atoms. The maximum Gasteiger partial charge on any atom is 0.0433 e. The minimum atomic E-state index is 0. The highest BCUT2D eigenvalue weighted by atomic mass is 35.5. The maximum absolute atomic E-state index is 8.86. The van der Waals surface area contributed by atoms with Crippen molar-refractivity contribution in [3.8, 4) is 0 Å². The van der Waals surface area contributed by atoms with Crippen molar-refractivity contribution in [3.63, 3.8) is 0 Å². The van der Waals surface area contributed by atoms with E-state index in [0.717, 1.165) is 24.2 Å². The van der Waals surface area contributed by atoms with Gasteiger partial charge in [0.05, 0.1) is 0 Å². The van der Waals surface area contributed by atoms with Crippen molar-refractivity contribution in [1.29, 1.82) is 0 Å². The van der Waals surface area contributed by atoms with E-state index in [-0.39, 0.29) is 12.4 Å². The molecule has 1 unspecified atom stereocenters. The normalized spacial score (nSPS) is 39.2. The van der Waals surface area contributed by atoms with E-state index >= 15 is 0 Å². The summed E-state index contributed by atoms with van der Waals surface area (Å²) in [6.45, 7) is 2.78. The van der Waals surface area contributed by atoms with Crippen LogP contribution in [0.4, 0.5) is 0 Å². The van der Waals surface area contributed by atoms with Gasteiger partial charge < -0.3 is 10.4 Å². The Morgan fingerprint density at radius 2 is 1.75 bits per heavy atom. The third-order valence-corrected chi connectivity index (χ3v) is 3.39. The fraction of sp³-hybridized carbons (Fsp3) is 1.00. The second-order valence-electron chi connectivity index (χ2n) is 3.93. The molecule has 72 valence electrons. The Bertz CT molecular complexity index is 126. The van der Waals surface area contributed by atoms with Gasteiger partial charge in [0.1, 0.15) is 0 Å². The lowest BCUT2D eigenvalue weighted by Crippen LogP contribution is -2.38. The molecule has 1 saturated heterocycles.